The van der Waals surface area contributed by atoms with Crippen LogP contribution < -0.4 is 21.3 Å². The average molecular weight is 377 g/mol. The Morgan fingerprint density at radius 3 is 2.73 bits per heavy atom. The number of nitrogens with one attached hydrogen (secondary N) is 1. The minimum atomic E-state index is -0.713. The van der Waals surface area contributed by atoms with Crippen LogP contribution in [-0.2, 0) is 17.9 Å². The van der Waals surface area contributed by atoms with E-state index in [0.717, 1.165) is 4.57 Å². The summed E-state index contributed by atoms with van der Waals surface area (Å²) in [5.41, 5.74) is -1.04. The molecule has 0 saturated heterocycles. The van der Waals surface area contributed by atoms with Crippen LogP contribution in [0.5, 0.6) is 5.75 Å². The minimum absolute atomic E-state index is 0.136. The Hall–Kier alpha value is -3.05. The van der Waals surface area contributed by atoms with Gasteiger partial charge in [0.25, 0.3) is 5.56 Å². The molecule has 0 bridgehead atoms. The van der Waals surface area contributed by atoms with E-state index in [4.69, 9.17) is 21.6 Å². The fourth-order valence-electron chi connectivity index (χ4n) is 2.36. The van der Waals surface area contributed by atoms with E-state index >= 15 is 0 Å². The summed E-state index contributed by atoms with van der Waals surface area (Å²) in [6.07, 6.45) is 1.08. The van der Waals surface area contributed by atoms with Crippen LogP contribution in [-0.4, -0.2) is 22.2 Å². The van der Waals surface area contributed by atoms with E-state index in [9.17, 15) is 14.4 Å². The number of carbonyl (C=O) groups excluding carboxylic acids is 1. The summed E-state index contributed by atoms with van der Waals surface area (Å²) in [5.74, 6) is 0.00186. The molecule has 0 aliphatic heterocycles. The summed E-state index contributed by atoms with van der Waals surface area (Å²) in [6.45, 7) is 1.87. The van der Waals surface area contributed by atoms with Crippen molar-refractivity contribution in [2.24, 2.45) is 0 Å². The number of methoxy groups -OCH3 is 1. The highest BCUT2D eigenvalue weighted by Gasteiger charge is 2.13. The SMILES string of the molecule is CCn1cc(C#N)c(=O)n(CCC(=O)Nc2cc(Cl)ccc2OC)c1=O. The summed E-state index contributed by atoms with van der Waals surface area (Å²) in [4.78, 5) is 36.6. The summed E-state index contributed by atoms with van der Waals surface area (Å²) in [7, 11) is 1.46. The molecule has 0 saturated carbocycles. The molecule has 0 unspecified atom stereocenters. The molecule has 0 fully saturated rings. The van der Waals surface area contributed by atoms with Gasteiger partial charge in [0, 0.05) is 30.7 Å². The van der Waals surface area contributed by atoms with Gasteiger partial charge in [-0.25, -0.2) is 4.79 Å². The van der Waals surface area contributed by atoms with Crippen molar-refractivity contribution in [1.82, 2.24) is 9.13 Å². The highest BCUT2D eigenvalue weighted by atomic mass is 35.5. The number of hydrogen-bond acceptors (Lipinski definition) is 5. The summed E-state index contributed by atoms with van der Waals surface area (Å²) < 4.78 is 7.28. The number of hydrogen-bond donors (Lipinski definition) is 1. The van der Waals surface area contributed by atoms with Gasteiger partial charge in [-0.2, -0.15) is 5.26 Å². The zero-order chi connectivity index (χ0) is 19.3. The van der Waals surface area contributed by atoms with Gasteiger partial charge in [0.2, 0.25) is 5.91 Å². The highest BCUT2D eigenvalue weighted by Crippen LogP contribution is 2.27. The number of ether oxygens (including phenoxy) is 1. The van der Waals surface area contributed by atoms with Crippen molar-refractivity contribution >= 4 is 23.2 Å². The molecule has 1 N–H and O–H groups in total. The molecule has 136 valence electrons. The number of amides is 1. The Balaban J connectivity index is 2.21. The molecule has 2 aromatic rings. The molecular weight excluding hydrogens is 360 g/mol. The third kappa shape index (κ3) is 4.13. The van der Waals surface area contributed by atoms with Crippen LogP contribution in [0.4, 0.5) is 5.69 Å². The van der Waals surface area contributed by atoms with E-state index in [2.05, 4.69) is 5.32 Å². The number of aryl methyl sites for hydroxylation is 1. The molecule has 0 spiro atoms. The maximum absolute atomic E-state index is 12.3. The number of carbonyl (C=O) groups is 1. The van der Waals surface area contributed by atoms with Crippen molar-refractivity contribution in [2.75, 3.05) is 12.4 Å². The third-order valence-corrected chi connectivity index (χ3v) is 3.93. The topological polar surface area (TPSA) is 106 Å². The Morgan fingerprint density at radius 2 is 2.12 bits per heavy atom. The quantitative estimate of drug-likeness (QED) is 0.824. The van der Waals surface area contributed by atoms with Gasteiger partial charge < -0.3 is 10.1 Å². The molecule has 1 amide bonds. The zero-order valence-corrected chi connectivity index (χ0v) is 15.0. The lowest BCUT2D eigenvalue weighted by Gasteiger charge is -2.12. The summed E-state index contributed by atoms with van der Waals surface area (Å²) in [5, 5.41) is 12.1. The number of halogens is 1. The fourth-order valence-corrected chi connectivity index (χ4v) is 2.53. The minimum Gasteiger partial charge on any atom is -0.495 e. The first-order valence-electron chi connectivity index (χ1n) is 7.79. The van der Waals surface area contributed by atoms with Crippen LogP contribution in [0.15, 0.2) is 34.0 Å². The summed E-state index contributed by atoms with van der Waals surface area (Å²) >= 11 is 5.91. The first-order chi connectivity index (χ1) is 12.4. The maximum Gasteiger partial charge on any atom is 0.331 e. The molecule has 1 aromatic heterocycles. The zero-order valence-electron chi connectivity index (χ0n) is 14.3. The number of benzene rings is 1. The largest absolute Gasteiger partial charge is 0.495 e. The molecule has 0 atom stereocenters. The average Bonchev–Trinajstić information content (AvgIpc) is 2.62. The van der Waals surface area contributed by atoms with E-state index < -0.39 is 17.2 Å². The van der Waals surface area contributed by atoms with Crippen LogP contribution in [0.3, 0.4) is 0 Å². The number of nitrogens with zero attached hydrogens (tertiary/aromatic N) is 3. The standard InChI is InChI=1S/C17H17ClN4O4/c1-3-21-10-11(9-19)16(24)22(17(21)25)7-6-15(23)20-13-8-12(18)4-5-14(13)26-2/h4-5,8,10H,3,6-7H2,1-2H3,(H,20,23). The van der Waals surface area contributed by atoms with E-state index in [1.165, 1.54) is 23.9 Å². The first kappa shape index (κ1) is 19.3. The molecule has 8 nitrogen and oxygen atoms in total. The number of anilines is 1. The first-order valence-corrected chi connectivity index (χ1v) is 8.16. The molecule has 0 aliphatic carbocycles. The molecular formula is C17H17ClN4O4. The lowest BCUT2D eigenvalue weighted by atomic mass is 10.2. The van der Waals surface area contributed by atoms with E-state index in [-0.39, 0.29) is 18.5 Å². The van der Waals surface area contributed by atoms with Gasteiger partial charge in [-0.15, -0.1) is 0 Å². The Labute approximate surface area is 154 Å². The van der Waals surface area contributed by atoms with Crippen LogP contribution in [0, 0.1) is 11.3 Å². The van der Waals surface area contributed by atoms with E-state index in [1.54, 1.807) is 25.1 Å². The van der Waals surface area contributed by atoms with Gasteiger partial charge in [0.15, 0.2) is 0 Å². The second kappa shape index (κ2) is 8.36. The molecule has 0 radical (unpaired) electrons. The van der Waals surface area contributed by atoms with Crippen molar-refractivity contribution < 1.29 is 9.53 Å². The lowest BCUT2D eigenvalue weighted by molar-refractivity contribution is -0.116. The fraction of sp³-hybridized carbons (Fsp3) is 0.294. The molecule has 9 heteroatoms. The summed E-state index contributed by atoms with van der Waals surface area (Å²) in [6, 6.07) is 6.53. The van der Waals surface area contributed by atoms with Gasteiger partial charge in [-0.1, -0.05) is 11.6 Å². The van der Waals surface area contributed by atoms with Gasteiger partial charge in [0.05, 0.1) is 12.8 Å². The van der Waals surface area contributed by atoms with E-state index in [0.29, 0.717) is 23.0 Å². The van der Waals surface area contributed by atoms with Crippen LogP contribution in [0.2, 0.25) is 5.02 Å². The number of rotatable bonds is 6. The molecule has 0 aliphatic rings. The van der Waals surface area contributed by atoms with Gasteiger partial charge >= 0.3 is 5.69 Å². The van der Waals surface area contributed by atoms with Crippen molar-refractivity contribution in [1.29, 1.82) is 5.26 Å². The van der Waals surface area contributed by atoms with Crippen LogP contribution in [0.1, 0.15) is 18.9 Å². The second-order valence-corrected chi connectivity index (χ2v) is 5.76. The molecule has 2 rings (SSSR count). The van der Waals surface area contributed by atoms with Crippen molar-refractivity contribution in [3.63, 3.8) is 0 Å². The van der Waals surface area contributed by atoms with Gasteiger partial charge in [-0.3, -0.25) is 18.7 Å². The monoisotopic (exact) mass is 376 g/mol. The Morgan fingerprint density at radius 1 is 1.38 bits per heavy atom. The van der Waals surface area contributed by atoms with Crippen molar-refractivity contribution in [2.45, 2.75) is 26.4 Å². The number of aromatic nitrogens is 2. The van der Waals surface area contributed by atoms with Crippen LogP contribution >= 0.6 is 11.6 Å². The van der Waals surface area contributed by atoms with Gasteiger partial charge in [0.1, 0.15) is 17.4 Å². The van der Waals surface area contributed by atoms with E-state index in [1.807, 2.05) is 0 Å². The predicted octanol–water partition coefficient (Wildman–Crippen LogP) is 1.59. The lowest BCUT2D eigenvalue weighted by Crippen LogP contribution is -2.41. The second-order valence-electron chi connectivity index (χ2n) is 5.32. The predicted molar refractivity (Wildman–Crippen MR) is 96.6 cm³/mol. The van der Waals surface area contributed by atoms with Crippen molar-refractivity contribution in [3.05, 3.63) is 55.8 Å². The smallest absolute Gasteiger partial charge is 0.331 e. The third-order valence-electron chi connectivity index (χ3n) is 3.70. The number of nitriles is 1. The Bertz CT molecular complexity index is 988. The normalized spacial score (nSPS) is 10.2. The maximum atomic E-state index is 12.3. The van der Waals surface area contributed by atoms with Gasteiger partial charge in [-0.05, 0) is 25.1 Å². The molecule has 26 heavy (non-hydrogen) atoms. The van der Waals surface area contributed by atoms with Crippen molar-refractivity contribution in [3.8, 4) is 11.8 Å². The Kier molecular flexibility index (Phi) is 6.20. The van der Waals surface area contributed by atoms with Crippen LogP contribution in [0.25, 0.3) is 0 Å². The molecule has 1 aromatic carbocycles. The molecule has 1 heterocycles. The highest BCUT2D eigenvalue weighted by molar-refractivity contribution is 6.31.